The summed E-state index contributed by atoms with van der Waals surface area (Å²) in [7, 11) is 3.46. The van der Waals surface area contributed by atoms with Gasteiger partial charge in [-0.15, -0.1) is 0 Å². The van der Waals surface area contributed by atoms with Crippen molar-refractivity contribution in [3.05, 3.63) is 78.1 Å². The first-order chi connectivity index (χ1) is 12.6. The lowest BCUT2D eigenvalue weighted by Gasteiger charge is -2.28. The van der Waals surface area contributed by atoms with Crippen LogP contribution in [-0.2, 0) is 14.9 Å². The lowest BCUT2D eigenvalue weighted by Crippen LogP contribution is -2.24. The number of hydrogen-bond donors (Lipinski definition) is 0. The summed E-state index contributed by atoms with van der Waals surface area (Å²) in [6.07, 6.45) is 3.87. The highest BCUT2D eigenvalue weighted by Gasteiger charge is 2.27. The fraction of sp³-hybridized carbons (Fsp3) is 0.391. The van der Waals surface area contributed by atoms with Gasteiger partial charge in [0.05, 0.1) is 19.8 Å². The van der Waals surface area contributed by atoms with E-state index in [1.165, 1.54) is 5.56 Å². The number of ether oxygens (including phenoxy) is 3. The van der Waals surface area contributed by atoms with E-state index in [0.717, 1.165) is 24.4 Å². The molecule has 1 atom stereocenters. The Morgan fingerprint density at radius 3 is 2.15 bits per heavy atom. The zero-order valence-corrected chi connectivity index (χ0v) is 16.3. The lowest BCUT2D eigenvalue weighted by molar-refractivity contribution is 0.118. The van der Waals surface area contributed by atoms with Gasteiger partial charge >= 0.3 is 0 Å². The maximum atomic E-state index is 5.76. The molecular formula is C23H30O3. The molecule has 0 N–H and O–H groups in total. The fourth-order valence-electron chi connectivity index (χ4n) is 2.96. The predicted molar refractivity (Wildman–Crippen MR) is 107 cm³/mol. The standard InChI is InChI=1S/C23H30O3/c1-23(2,19-12-7-5-8-13-19)22(25-4)18-21(24-3)16-11-17-26-20-14-9-6-10-15-20/h5-10,12-15,18,21H,11,16-17H2,1-4H3/b22-18-. The summed E-state index contributed by atoms with van der Waals surface area (Å²) in [6.45, 7) is 5.01. The molecule has 0 heterocycles. The van der Waals surface area contributed by atoms with Gasteiger partial charge < -0.3 is 14.2 Å². The number of para-hydroxylation sites is 1. The van der Waals surface area contributed by atoms with E-state index in [4.69, 9.17) is 14.2 Å². The van der Waals surface area contributed by atoms with Crippen LogP contribution in [0.25, 0.3) is 0 Å². The van der Waals surface area contributed by atoms with Crippen molar-refractivity contribution in [2.75, 3.05) is 20.8 Å². The molecule has 0 bridgehead atoms. The monoisotopic (exact) mass is 354 g/mol. The van der Waals surface area contributed by atoms with E-state index in [0.29, 0.717) is 6.61 Å². The summed E-state index contributed by atoms with van der Waals surface area (Å²) in [6, 6.07) is 20.3. The predicted octanol–water partition coefficient (Wildman–Crippen LogP) is 5.37. The summed E-state index contributed by atoms with van der Waals surface area (Å²) in [5.41, 5.74) is 1.00. The van der Waals surface area contributed by atoms with Gasteiger partial charge in [0.1, 0.15) is 11.5 Å². The van der Waals surface area contributed by atoms with E-state index < -0.39 is 0 Å². The first-order valence-corrected chi connectivity index (χ1v) is 9.10. The van der Waals surface area contributed by atoms with Crippen LogP contribution in [0.4, 0.5) is 0 Å². The minimum Gasteiger partial charge on any atom is -0.500 e. The molecule has 3 heteroatoms. The SMILES string of the molecule is CO/C(=C\C(CCCOc1ccccc1)OC)C(C)(C)c1ccccc1. The van der Waals surface area contributed by atoms with Crippen molar-refractivity contribution in [1.82, 2.24) is 0 Å². The molecule has 1 unspecified atom stereocenters. The molecule has 0 radical (unpaired) electrons. The molecule has 0 saturated carbocycles. The topological polar surface area (TPSA) is 27.7 Å². The van der Waals surface area contributed by atoms with E-state index >= 15 is 0 Å². The molecule has 2 aromatic rings. The van der Waals surface area contributed by atoms with Crippen LogP contribution in [0, 0.1) is 0 Å². The van der Waals surface area contributed by atoms with Gasteiger partial charge in [-0.25, -0.2) is 0 Å². The van der Waals surface area contributed by atoms with Gasteiger partial charge in [0, 0.05) is 12.5 Å². The number of methoxy groups -OCH3 is 2. The van der Waals surface area contributed by atoms with Crippen LogP contribution in [0.2, 0.25) is 0 Å². The molecule has 2 rings (SSSR count). The maximum absolute atomic E-state index is 5.76. The molecule has 0 aliphatic rings. The van der Waals surface area contributed by atoms with Crippen molar-refractivity contribution >= 4 is 0 Å². The Bertz CT molecular complexity index is 662. The van der Waals surface area contributed by atoms with Crippen molar-refractivity contribution in [3.8, 4) is 5.75 Å². The zero-order valence-electron chi connectivity index (χ0n) is 16.3. The summed E-state index contributed by atoms with van der Waals surface area (Å²) >= 11 is 0. The second kappa shape index (κ2) is 10.0. The van der Waals surface area contributed by atoms with Crippen molar-refractivity contribution < 1.29 is 14.2 Å². The third-order valence-corrected chi connectivity index (χ3v) is 4.62. The molecule has 0 saturated heterocycles. The Hall–Kier alpha value is -2.26. The van der Waals surface area contributed by atoms with E-state index in [2.05, 4.69) is 44.2 Å². The highest BCUT2D eigenvalue weighted by Crippen LogP contribution is 2.32. The zero-order chi connectivity index (χ0) is 18.8. The minimum absolute atomic E-state index is 0.00712. The molecule has 0 fully saturated rings. The third kappa shape index (κ3) is 5.63. The Balaban J connectivity index is 1.96. The molecule has 0 aromatic heterocycles. The average molecular weight is 354 g/mol. The van der Waals surface area contributed by atoms with E-state index in [1.807, 2.05) is 36.4 Å². The summed E-state index contributed by atoms with van der Waals surface area (Å²) < 4.78 is 17.1. The van der Waals surface area contributed by atoms with E-state index in [-0.39, 0.29) is 11.5 Å². The molecule has 2 aromatic carbocycles. The molecule has 26 heavy (non-hydrogen) atoms. The molecule has 0 amide bonds. The number of rotatable bonds is 10. The highest BCUT2D eigenvalue weighted by atomic mass is 16.5. The van der Waals surface area contributed by atoms with Crippen molar-refractivity contribution in [1.29, 1.82) is 0 Å². The summed E-state index contributed by atoms with van der Waals surface area (Å²) in [5, 5.41) is 0. The van der Waals surface area contributed by atoms with Crippen molar-refractivity contribution in [2.45, 2.75) is 38.2 Å². The molecular weight excluding hydrogens is 324 g/mol. The van der Waals surface area contributed by atoms with Gasteiger partial charge in [0.25, 0.3) is 0 Å². The Kier molecular flexibility index (Phi) is 7.73. The van der Waals surface area contributed by atoms with E-state index in [9.17, 15) is 0 Å². The number of benzene rings is 2. The van der Waals surface area contributed by atoms with Crippen LogP contribution in [0.15, 0.2) is 72.5 Å². The molecule has 0 spiro atoms. The Morgan fingerprint density at radius 1 is 0.962 bits per heavy atom. The highest BCUT2D eigenvalue weighted by molar-refractivity contribution is 5.32. The molecule has 0 aliphatic carbocycles. The smallest absolute Gasteiger partial charge is 0.119 e. The minimum atomic E-state index is -0.215. The summed E-state index contributed by atoms with van der Waals surface area (Å²) in [5.74, 6) is 1.82. The first kappa shape index (κ1) is 20.1. The number of allylic oxidation sites excluding steroid dienone is 1. The van der Waals surface area contributed by atoms with Gasteiger partial charge in [-0.2, -0.15) is 0 Å². The maximum Gasteiger partial charge on any atom is 0.119 e. The molecule has 0 aliphatic heterocycles. The van der Waals surface area contributed by atoms with Crippen LogP contribution < -0.4 is 4.74 Å². The van der Waals surface area contributed by atoms with Crippen LogP contribution >= 0.6 is 0 Å². The number of hydrogen-bond acceptors (Lipinski definition) is 3. The quantitative estimate of drug-likeness (QED) is 0.424. The Morgan fingerprint density at radius 2 is 1.58 bits per heavy atom. The summed E-state index contributed by atoms with van der Waals surface area (Å²) in [4.78, 5) is 0. The second-order valence-electron chi connectivity index (χ2n) is 6.80. The Labute approximate surface area is 157 Å². The fourth-order valence-corrected chi connectivity index (χ4v) is 2.96. The third-order valence-electron chi connectivity index (χ3n) is 4.62. The van der Waals surface area contributed by atoms with Gasteiger partial charge in [-0.05, 0) is 50.5 Å². The lowest BCUT2D eigenvalue weighted by atomic mass is 9.82. The van der Waals surface area contributed by atoms with Crippen LogP contribution in [0.5, 0.6) is 5.75 Å². The van der Waals surface area contributed by atoms with Gasteiger partial charge in [0.15, 0.2) is 0 Å². The van der Waals surface area contributed by atoms with Gasteiger partial charge in [-0.1, -0.05) is 48.5 Å². The normalized spacial score (nSPS) is 13.3. The van der Waals surface area contributed by atoms with Gasteiger partial charge in [-0.3, -0.25) is 0 Å². The molecule has 3 nitrogen and oxygen atoms in total. The first-order valence-electron chi connectivity index (χ1n) is 9.10. The second-order valence-corrected chi connectivity index (χ2v) is 6.80. The largest absolute Gasteiger partial charge is 0.500 e. The average Bonchev–Trinajstić information content (AvgIpc) is 2.69. The van der Waals surface area contributed by atoms with E-state index in [1.54, 1.807) is 14.2 Å². The van der Waals surface area contributed by atoms with Crippen molar-refractivity contribution in [3.63, 3.8) is 0 Å². The molecule has 140 valence electrons. The van der Waals surface area contributed by atoms with Crippen LogP contribution in [0.1, 0.15) is 32.3 Å². The van der Waals surface area contributed by atoms with Crippen LogP contribution in [0.3, 0.4) is 0 Å². The van der Waals surface area contributed by atoms with Gasteiger partial charge in [0.2, 0.25) is 0 Å². The van der Waals surface area contributed by atoms with Crippen molar-refractivity contribution in [2.24, 2.45) is 0 Å². The van der Waals surface area contributed by atoms with Crippen LogP contribution in [-0.4, -0.2) is 26.9 Å².